The Bertz CT molecular complexity index is 1670. The van der Waals surface area contributed by atoms with E-state index in [1.807, 2.05) is 6.92 Å². The van der Waals surface area contributed by atoms with Crippen molar-refractivity contribution in [1.82, 2.24) is 20.9 Å². The van der Waals surface area contributed by atoms with E-state index in [1.165, 1.54) is 17.4 Å². The average Bonchev–Trinajstić information content (AvgIpc) is 3.81. The van der Waals surface area contributed by atoms with Crippen LogP contribution in [0.15, 0.2) is 48.6 Å². The van der Waals surface area contributed by atoms with Gasteiger partial charge in [-0.1, -0.05) is 38.6 Å². The van der Waals surface area contributed by atoms with E-state index >= 15 is 0 Å². The zero-order valence-corrected chi connectivity index (χ0v) is 37.1. The Balaban J connectivity index is 1.04. The lowest BCUT2D eigenvalue weighted by Crippen LogP contribution is -2.45. The minimum absolute atomic E-state index is 0.0364. The number of amides is 6. The average molecular weight is 868 g/mol. The molecule has 3 aliphatic rings. The molecule has 0 radical (unpaired) electrons. The zero-order chi connectivity index (χ0) is 45.0. The van der Waals surface area contributed by atoms with Gasteiger partial charge < -0.3 is 45.0 Å². The number of unbranched alkanes of at least 4 members (excludes halogenated alkanes) is 2. The summed E-state index contributed by atoms with van der Waals surface area (Å²) in [5, 5.41) is 10.6. The summed E-state index contributed by atoms with van der Waals surface area (Å²) in [5.41, 5.74) is 3.48. The molecule has 7 unspecified atom stereocenters. The van der Waals surface area contributed by atoms with Crippen LogP contribution in [0.2, 0.25) is 0 Å². The molecule has 0 spiro atoms. The van der Waals surface area contributed by atoms with Crippen LogP contribution >= 0.6 is 0 Å². The molecule has 3 aliphatic heterocycles. The van der Waals surface area contributed by atoms with Crippen molar-refractivity contribution in [1.29, 1.82) is 0 Å². The fourth-order valence-corrected chi connectivity index (χ4v) is 7.80. The fourth-order valence-electron chi connectivity index (χ4n) is 7.80. The first-order valence-corrected chi connectivity index (χ1v) is 22.2. The maximum absolute atomic E-state index is 12.7. The number of nitrogens with one attached hydrogen (secondary N) is 4. The number of alkyl carbamates (subject to hydrolysis) is 1. The third-order valence-corrected chi connectivity index (χ3v) is 11.5. The van der Waals surface area contributed by atoms with Gasteiger partial charge in [0.2, 0.25) is 29.5 Å². The second-order valence-corrected chi connectivity index (χ2v) is 16.7. The Morgan fingerprint density at radius 3 is 2.35 bits per heavy atom. The highest BCUT2D eigenvalue weighted by Gasteiger charge is 2.34. The zero-order valence-electron chi connectivity index (χ0n) is 37.1. The summed E-state index contributed by atoms with van der Waals surface area (Å²) in [4.78, 5) is 74.2. The first-order valence-electron chi connectivity index (χ1n) is 22.2. The van der Waals surface area contributed by atoms with Crippen molar-refractivity contribution in [3.63, 3.8) is 0 Å². The van der Waals surface area contributed by atoms with E-state index in [1.54, 1.807) is 31.4 Å². The quantitative estimate of drug-likeness (QED) is 0.0539. The standard InChI is InChI=1S/C46H69N5O11/c1-30-21-24-59-39(30)18-17-37-25-31(2)33(4)40(62-37)26-38(29-58-6)61-32(3)11-10-22-47-46(57)60-28-35-13-15-36(16-14-35)50-45(56)34(5)49-42(53)27-48-41(52)12-8-7-9-23-51-43(54)19-20-44(51)55/h13-16,31-32,34,37-40H,1,4,7-12,17-29H2,2-3,5-6H3,(H,47,57)(H,48,52)(H,49,53)(H,50,56). The topological polar surface area (TPSA) is 200 Å². The second-order valence-electron chi connectivity index (χ2n) is 16.7. The molecule has 6 amide bonds. The normalized spacial score (nSPS) is 21.6. The Morgan fingerprint density at radius 1 is 0.919 bits per heavy atom. The van der Waals surface area contributed by atoms with Crippen LogP contribution in [0.1, 0.15) is 110 Å². The van der Waals surface area contributed by atoms with E-state index in [4.69, 9.17) is 23.7 Å². The van der Waals surface area contributed by atoms with Gasteiger partial charge in [0.1, 0.15) is 12.6 Å². The smallest absolute Gasteiger partial charge is 0.407 e. The maximum atomic E-state index is 12.7. The molecule has 16 nitrogen and oxygen atoms in total. The molecule has 0 saturated carbocycles. The van der Waals surface area contributed by atoms with Gasteiger partial charge in [-0.3, -0.25) is 28.9 Å². The number of nitrogens with zero attached hydrogens (tertiary/aromatic N) is 1. The number of ether oxygens (including phenoxy) is 5. The molecule has 7 atom stereocenters. The van der Waals surface area contributed by atoms with Crippen molar-refractivity contribution in [2.45, 2.75) is 147 Å². The van der Waals surface area contributed by atoms with Gasteiger partial charge in [0.25, 0.3) is 0 Å². The minimum atomic E-state index is -0.869. The molecule has 0 bridgehead atoms. The van der Waals surface area contributed by atoms with E-state index in [-0.39, 0.29) is 80.7 Å². The molecule has 62 heavy (non-hydrogen) atoms. The van der Waals surface area contributed by atoms with Gasteiger partial charge in [-0.15, -0.1) is 0 Å². The van der Waals surface area contributed by atoms with E-state index in [2.05, 4.69) is 41.3 Å². The number of benzene rings is 1. The minimum Gasteiger partial charge on any atom is -0.445 e. The molecule has 0 aromatic heterocycles. The molecular weight excluding hydrogens is 799 g/mol. The van der Waals surface area contributed by atoms with E-state index in [9.17, 15) is 28.8 Å². The Morgan fingerprint density at radius 2 is 1.66 bits per heavy atom. The summed E-state index contributed by atoms with van der Waals surface area (Å²) >= 11 is 0. The van der Waals surface area contributed by atoms with Crippen LogP contribution in [0.25, 0.3) is 0 Å². The predicted octanol–water partition coefficient (Wildman–Crippen LogP) is 5.25. The van der Waals surface area contributed by atoms with Crippen molar-refractivity contribution in [2.24, 2.45) is 5.92 Å². The highest BCUT2D eigenvalue weighted by molar-refractivity contribution is 6.02. The van der Waals surface area contributed by atoms with Gasteiger partial charge >= 0.3 is 6.09 Å². The third kappa shape index (κ3) is 17.3. The number of carbonyl (C=O) groups is 6. The van der Waals surface area contributed by atoms with Gasteiger partial charge in [-0.2, -0.15) is 0 Å². The summed E-state index contributed by atoms with van der Waals surface area (Å²) in [6.45, 7) is 16.0. The highest BCUT2D eigenvalue weighted by Crippen LogP contribution is 2.35. The first kappa shape index (κ1) is 50.0. The lowest BCUT2D eigenvalue weighted by Gasteiger charge is -2.38. The van der Waals surface area contributed by atoms with Gasteiger partial charge in [0.15, 0.2) is 0 Å². The number of hydrogen-bond donors (Lipinski definition) is 4. The monoisotopic (exact) mass is 867 g/mol. The summed E-state index contributed by atoms with van der Waals surface area (Å²) in [6, 6.07) is 5.91. The largest absolute Gasteiger partial charge is 0.445 e. The van der Waals surface area contributed by atoms with Crippen LogP contribution in [0.4, 0.5) is 10.5 Å². The molecule has 4 rings (SSSR count). The maximum Gasteiger partial charge on any atom is 0.407 e. The van der Waals surface area contributed by atoms with Crippen LogP contribution in [-0.4, -0.2) is 117 Å². The summed E-state index contributed by atoms with van der Waals surface area (Å²) < 4.78 is 29.7. The van der Waals surface area contributed by atoms with E-state index in [0.29, 0.717) is 63.4 Å². The molecule has 16 heteroatoms. The number of rotatable bonds is 26. The number of anilines is 1. The van der Waals surface area contributed by atoms with Gasteiger partial charge in [0, 0.05) is 51.6 Å². The number of likely N-dealkylation sites (tertiary alicyclic amines) is 1. The Labute approximate surface area is 366 Å². The molecule has 344 valence electrons. The van der Waals surface area contributed by atoms with E-state index < -0.39 is 23.9 Å². The van der Waals surface area contributed by atoms with Crippen molar-refractivity contribution < 1.29 is 52.5 Å². The number of hydrogen-bond acceptors (Lipinski definition) is 11. The van der Waals surface area contributed by atoms with Crippen molar-refractivity contribution in [3.05, 3.63) is 54.1 Å². The SMILES string of the molecule is C=C1CCOC1CCC1CC(C)C(=C)C(CC(COC)OC(C)CCCNC(=O)OCc2ccc(NC(=O)C(C)NC(=O)CNC(=O)CCCCCN3C(=O)CCC3=O)cc2)O1. The lowest BCUT2D eigenvalue weighted by molar-refractivity contribution is -0.138. The summed E-state index contributed by atoms with van der Waals surface area (Å²) in [5.74, 6) is -1.22. The van der Waals surface area contributed by atoms with Gasteiger partial charge in [-0.05, 0) is 100.0 Å². The molecule has 3 saturated heterocycles. The van der Waals surface area contributed by atoms with Crippen LogP contribution in [0.3, 0.4) is 0 Å². The van der Waals surface area contributed by atoms with Gasteiger partial charge in [-0.25, -0.2) is 4.79 Å². The summed E-state index contributed by atoms with van der Waals surface area (Å²) in [7, 11) is 1.67. The highest BCUT2D eigenvalue weighted by atomic mass is 16.6. The van der Waals surface area contributed by atoms with E-state index in [0.717, 1.165) is 49.8 Å². The van der Waals surface area contributed by atoms with Crippen LogP contribution < -0.4 is 21.3 Å². The number of carbonyl (C=O) groups excluding carboxylic acids is 6. The molecule has 4 N–H and O–H groups in total. The second kappa shape index (κ2) is 26.1. The van der Waals surface area contributed by atoms with Gasteiger partial charge in [0.05, 0.1) is 50.3 Å². The predicted molar refractivity (Wildman–Crippen MR) is 233 cm³/mol. The third-order valence-electron chi connectivity index (χ3n) is 11.5. The molecule has 3 heterocycles. The van der Waals surface area contributed by atoms with Crippen LogP contribution in [0.5, 0.6) is 0 Å². The first-order chi connectivity index (χ1) is 29.7. The molecule has 3 fully saturated rings. The van der Waals surface area contributed by atoms with Crippen molar-refractivity contribution in [3.8, 4) is 0 Å². The Kier molecular flexibility index (Phi) is 21.0. The Hall–Kier alpha value is -4.64. The van der Waals surface area contributed by atoms with Crippen LogP contribution in [-0.2, 0) is 54.3 Å². The summed E-state index contributed by atoms with van der Waals surface area (Å²) in [6.07, 6.45) is 7.71. The molecule has 1 aromatic rings. The van der Waals surface area contributed by atoms with Crippen molar-refractivity contribution >= 4 is 41.3 Å². The van der Waals surface area contributed by atoms with Crippen molar-refractivity contribution in [2.75, 3.05) is 45.3 Å². The fraction of sp³-hybridized carbons (Fsp3) is 0.652. The molecule has 0 aliphatic carbocycles. The number of imide groups is 1. The molecule has 1 aromatic carbocycles. The number of methoxy groups -OCH3 is 1. The van der Waals surface area contributed by atoms with Crippen LogP contribution in [0, 0.1) is 5.92 Å². The lowest BCUT2D eigenvalue weighted by atomic mass is 9.85. The molecular formula is C46H69N5O11.